The van der Waals surface area contributed by atoms with Gasteiger partial charge in [-0.1, -0.05) is 13.3 Å². The SMILES string of the molecule is CCCCN(CC1CCCN1)C(=O)c1sccc1OC. The number of ether oxygens (including phenoxy) is 1. The van der Waals surface area contributed by atoms with Gasteiger partial charge in [-0.3, -0.25) is 4.79 Å². The zero-order valence-corrected chi connectivity index (χ0v) is 13.2. The van der Waals surface area contributed by atoms with E-state index in [1.54, 1.807) is 7.11 Å². The van der Waals surface area contributed by atoms with Crippen LogP contribution in [0.3, 0.4) is 0 Å². The van der Waals surface area contributed by atoms with Gasteiger partial charge in [0.1, 0.15) is 10.6 Å². The Morgan fingerprint density at radius 1 is 1.60 bits per heavy atom. The van der Waals surface area contributed by atoms with Crippen LogP contribution in [-0.4, -0.2) is 43.6 Å². The van der Waals surface area contributed by atoms with E-state index < -0.39 is 0 Å². The minimum Gasteiger partial charge on any atom is -0.495 e. The molecule has 1 fully saturated rings. The van der Waals surface area contributed by atoms with Crippen molar-refractivity contribution in [3.63, 3.8) is 0 Å². The van der Waals surface area contributed by atoms with Crippen molar-refractivity contribution in [3.8, 4) is 5.75 Å². The van der Waals surface area contributed by atoms with Gasteiger partial charge in [-0.25, -0.2) is 0 Å². The number of carbonyl (C=O) groups excluding carboxylic acids is 1. The number of nitrogens with zero attached hydrogens (tertiary/aromatic N) is 1. The van der Waals surface area contributed by atoms with Crippen molar-refractivity contribution in [3.05, 3.63) is 16.3 Å². The number of amides is 1. The third-order valence-electron chi connectivity index (χ3n) is 3.72. The normalized spacial score (nSPS) is 18.2. The Hall–Kier alpha value is -1.07. The molecule has 0 radical (unpaired) electrons. The highest BCUT2D eigenvalue weighted by Crippen LogP contribution is 2.26. The van der Waals surface area contributed by atoms with Crippen LogP contribution in [0, 0.1) is 0 Å². The number of nitrogens with one attached hydrogen (secondary N) is 1. The Bertz CT molecular complexity index is 427. The molecule has 0 saturated carbocycles. The topological polar surface area (TPSA) is 41.6 Å². The van der Waals surface area contributed by atoms with Crippen molar-refractivity contribution in [2.24, 2.45) is 0 Å². The standard InChI is InChI=1S/C15H24N2O2S/c1-3-4-9-17(11-12-6-5-8-16-12)15(18)14-13(19-2)7-10-20-14/h7,10,12,16H,3-6,8-9,11H2,1-2H3. The minimum absolute atomic E-state index is 0.110. The van der Waals surface area contributed by atoms with Gasteiger partial charge in [-0.05, 0) is 37.3 Å². The molecule has 1 aromatic rings. The van der Waals surface area contributed by atoms with Gasteiger partial charge in [-0.2, -0.15) is 0 Å². The smallest absolute Gasteiger partial charge is 0.267 e. The van der Waals surface area contributed by atoms with Gasteiger partial charge in [0.05, 0.1) is 7.11 Å². The van der Waals surface area contributed by atoms with Crippen molar-refractivity contribution in [1.29, 1.82) is 0 Å². The first-order valence-corrected chi connectivity index (χ1v) is 8.28. The van der Waals surface area contributed by atoms with Crippen molar-refractivity contribution >= 4 is 17.2 Å². The Balaban J connectivity index is 2.06. The molecule has 1 unspecified atom stereocenters. The Morgan fingerprint density at radius 3 is 3.10 bits per heavy atom. The highest BCUT2D eigenvalue weighted by atomic mass is 32.1. The van der Waals surface area contributed by atoms with Crippen LogP contribution in [0.2, 0.25) is 0 Å². The molecule has 4 nitrogen and oxygen atoms in total. The number of carbonyl (C=O) groups is 1. The molecule has 1 aliphatic heterocycles. The van der Waals surface area contributed by atoms with E-state index in [1.807, 2.05) is 16.3 Å². The molecule has 1 saturated heterocycles. The maximum atomic E-state index is 12.7. The number of hydrogen-bond donors (Lipinski definition) is 1. The molecule has 2 heterocycles. The molecule has 112 valence electrons. The molecule has 1 N–H and O–H groups in total. The predicted molar refractivity (Wildman–Crippen MR) is 82.7 cm³/mol. The first kappa shape index (κ1) is 15.3. The van der Waals surface area contributed by atoms with Crippen LogP contribution in [0.15, 0.2) is 11.4 Å². The summed E-state index contributed by atoms with van der Waals surface area (Å²) < 4.78 is 5.28. The highest BCUT2D eigenvalue weighted by molar-refractivity contribution is 7.12. The van der Waals surface area contributed by atoms with E-state index >= 15 is 0 Å². The fourth-order valence-corrected chi connectivity index (χ4v) is 3.39. The van der Waals surface area contributed by atoms with Crippen LogP contribution in [-0.2, 0) is 0 Å². The zero-order valence-electron chi connectivity index (χ0n) is 12.4. The molecule has 1 aromatic heterocycles. The average molecular weight is 296 g/mol. The number of thiophene rings is 1. The Labute approximate surface area is 125 Å². The number of hydrogen-bond acceptors (Lipinski definition) is 4. The highest BCUT2D eigenvalue weighted by Gasteiger charge is 2.24. The third kappa shape index (κ3) is 3.73. The number of rotatable bonds is 7. The average Bonchev–Trinajstić information content (AvgIpc) is 3.13. The summed E-state index contributed by atoms with van der Waals surface area (Å²) in [5.41, 5.74) is 0. The third-order valence-corrected chi connectivity index (χ3v) is 4.60. The summed E-state index contributed by atoms with van der Waals surface area (Å²) in [6.07, 6.45) is 4.52. The monoisotopic (exact) mass is 296 g/mol. The lowest BCUT2D eigenvalue weighted by atomic mass is 10.2. The van der Waals surface area contributed by atoms with E-state index in [2.05, 4.69) is 12.2 Å². The van der Waals surface area contributed by atoms with E-state index in [-0.39, 0.29) is 5.91 Å². The molecule has 1 amide bonds. The molecule has 1 atom stereocenters. The quantitative estimate of drug-likeness (QED) is 0.841. The van der Waals surface area contributed by atoms with Gasteiger partial charge in [0.2, 0.25) is 0 Å². The van der Waals surface area contributed by atoms with Crippen LogP contribution in [0.25, 0.3) is 0 Å². The molecule has 0 aromatic carbocycles. The van der Waals surface area contributed by atoms with Crippen LogP contribution in [0.5, 0.6) is 5.75 Å². The van der Waals surface area contributed by atoms with E-state index in [1.165, 1.54) is 17.8 Å². The Morgan fingerprint density at radius 2 is 2.45 bits per heavy atom. The molecular formula is C15H24N2O2S. The number of unbranched alkanes of at least 4 members (excludes halogenated alkanes) is 1. The summed E-state index contributed by atoms with van der Waals surface area (Å²) in [5.74, 6) is 0.805. The second-order valence-corrected chi connectivity index (χ2v) is 6.13. The van der Waals surface area contributed by atoms with Crippen LogP contribution < -0.4 is 10.1 Å². The lowest BCUT2D eigenvalue weighted by molar-refractivity contribution is 0.0741. The summed E-state index contributed by atoms with van der Waals surface area (Å²) in [6, 6.07) is 2.31. The molecular weight excluding hydrogens is 272 g/mol. The van der Waals surface area contributed by atoms with E-state index in [0.717, 1.165) is 43.8 Å². The minimum atomic E-state index is 0.110. The first-order valence-electron chi connectivity index (χ1n) is 7.40. The van der Waals surface area contributed by atoms with E-state index in [9.17, 15) is 4.79 Å². The Kier molecular flexibility index (Phi) is 5.86. The molecule has 5 heteroatoms. The van der Waals surface area contributed by atoms with Gasteiger partial charge >= 0.3 is 0 Å². The molecule has 20 heavy (non-hydrogen) atoms. The van der Waals surface area contributed by atoms with Crippen molar-refractivity contribution < 1.29 is 9.53 Å². The van der Waals surface area contributed by atoms with Crippen LogP contribution >= 0.6 is 11.3 Å². The first-order chi connectivity index (χ1) is 9.76. The van der Waals surface area contributed by atoms with Gasteiger partial charge in [0, 0.05) is 19.1 Å². The van der Waals surface area contributed by atoms with Crippen molar-refractivity contribution in [2.75, 3.05) is 26.7 Å². The number of methoxy groups -OCH3 is 1. The summed E-state index contributed by atoms with van der Waals surface area (Å²) in [4.78, 5) is 15.4. The zero-order chi connectivity index (χ0) is 14.4. The second-order valence-electron chi connectivity index (χ2n) is 5.22. The maximum Gasteiger partial charge on any atom is 0.267 e. The van der Waals surface area contributed by atoms with Gasteiger partial charge in [0.15, 0.2) is 0 Å². The lowest BCUT2D eigenvalue weighted by Crippen LogP contribution is -2.41. The van der Waals surface area contributed by atoms with Crippen LogP contribution in [0.1, 0.15) is 42.3 Å². The van der Waals surface area contributed by atoms with Gasteiger partial charge in [-0.15, -0.1) is 11.3 Å². The lowest BCUT2D eigenvalue weighted by Gasteiger charge is -2.25. The second kappa shape index (κ2) is 7.64. The molecule has 0 spiro atoms. The molecule has 2 rings (SSSR count). The summed E-state index contributed by atoms with van der Waals surface area (Å²) in [7, 11) is 1.62. The fraction of sp³-hybridized carbons (Fsp3) is 0.667. The van der Waals surface area contributed by atoms with E-state index in [4.69, 9.17) is 4.74 Å². The fourth-order valence-electron chi connectivity index (χ4n) is 2.56. The summed E-state index contributed by atoms with van der Waals surface area (Å²) in [6.45, 7) is 4.86. The molecule has 0 bridgehead atoms. The van der Waals surface area contributed by atoms with E-state index in [0.29, 0.717) is 11.8 Å². The maximum absolute atomic E-state index is 12.7. The molecule has 0 aliphatic carbocycles. The van der Waals surface area contributed by atoms with Crippen LogP contribution in [0.4, 0.5) is 0 Å². The van der Waals surface area contributed by atoms with Crippen molar-refractivity contribution in [2.45, 2.75) is 38.6 Å². The summed E-state index contributed by atoms with van der Waals surface area (Å²) >= 11 is 1.47. The largest absolute Gasteiger partial charge is 0.495 e. The molecule has 1 aliphatic rings. The van der Waals surface area contributed by atoms with Crippen molar-refractivity contribution in [1.82, 2.24) is 10.2 Å². The van der Waals surface area contributed by atoms with Gasteiger partial charge in [0.25, 0.3) is 5.91 Å². The summed E-state index contributed by atoms with van der Waals surface area (Å²) in [5, 5.41) is 5.39. The van der Waals surface area contributed by atoms with Gasteiger partial charge < -0.3 is 15.0 Å². The predicted octanol–water partition coefficient (Wildman–Crippen LogP) is 2.75.